The Balaban J connectivity index is 2.01. The first kappa shape index (κ1) is 11.7. The van der Waals surface area contributed by atoms with E-state index in [1.807, 2.05) is 12.1 Å². The molecule has 2 aromatic heterocycles. The lowest BCUT2D eigenvalue weighted by Crippen LogP contribution is -2.07. The van der Waals surface area contributed by atoms with Gasteiger partial charge in [-0.25, -0.2) is 0 Å². The molecule has 2 rings (SSSR count). The van der Waals surface area contributed by atoms with Crippen LogP contribution in [0.1, 0.15) is 11.1 Å². The van der Waals surface area contributed by atoms with Gasteiger partial charge in [0.15, 0.2) is 0 Å². The van der Waals surface area contributed by atoms with Gasteiger partial charge in [-0.2, -0.15) is 0 Å². The molecule has 4 heteroatoms. The monoisotopic (exact) mass is 246 g/mol. The molecule has 2 aromatic rings. The van der Waals surface area contributed by atoms with E-state index in [2.05, 4.69) is 9.97 Å². The molecule has 3 nitrogen and oxygen atoms in total. The van der Waals surface area contributed by atoms with Gasteiger partial charge in [0.05, 0.1) is 5.02 Å². The minimum Gasteiger partial charge on any atom is -0.299 e. The zero-order valence-corrected chi connectivity index (χ0v) is 9.89. The highest BCUT2D eigenvalue weighted by Crippen LogP contribution is 2.14. The summed E-state index contributed by atoms with van der Waals surface area (Å²) >= 11 is 5.94. The maximum Gasteiger partial charge on any atom is 0.141 e. The average molecular weight is 247 g/mol. The van der Waals surface area contributed by atoms with Crippen LogP contribution in [0, 0.1) is 0 Å². The van der Waals surface area contributed by atoms with E-state index in [-0.39, 0.29) is 5.78 Å². The summed E-state index contributed by atoms with van der Waals surface area (Å²) in [5.74, 6) is 0.117. The van der Waals surface area contributed by atoms with Gasteiger partial charge in [-0.15, -0.1) is 0 Å². The van der Waals surface area contributed by atoms with E-state index in [9.17, 15) is 4.79 Å². The van der Waals surface area contributed by atoms with E-state index >= 15 is 0 Å². The number of rotatable bonds is 4. The first-order chi connectivity index (χ1) is 8.25. The Bertz CT molecular complexity index is 514. The van der Waals surface area contributed by atoms with Gasteiger partial charge < -0.3 is 0 Å². The van der Waals surface area contributed by atoms with Crippen molar-refractivity contribution in [2.45, 2.75) is 12.8 Å². The maximum atomic E-state index is 11.8. The van der Waals surface area contributed by atoms with E-state index in [4.69, 9.17) is 11.6 Å². The summed E-state index contributed by atoms with van der Waals surface area (Å²) in [5, 5.41) is 0.534. The third-order valence-corrected chi connectivity index (χ3v) is 2.71. The summed E-state index contributed by atoms with van der Waals surface area (Å²) in [7, 11) is 0. The van der Waals surface area contributed by atoms with Crippen LogP contribution in [0.4, 0.5) is 0 Å². The topological polar surface area (TPSA) is 42.9 Å². The fraction of sp³-hybridized carbons (Fsp3) is 0.154. The van der Waals surface area contributed by atoms with Gasteiger partial charge in [0.2, 0.25) is 0 Å². The maximum absolute atomic E-state index is 11.8. The predicted molar refractivity (Wildman–Crippen MR) is 65.9 cm³/mol. The second-order valence-corrected chi connectivity index (χ2v) is 4.13. The highest BCUT2D eigenvalue weighted by atomic mass is 35.5. The van der Waals surface area contributed by atoms with Gasteiger partial charge in [-0.3, -0.25) is 14.8 Å². The number of aromatic nitrogens is 2. The zero-order valence-electron chi connectivity index (χ0n) is 9.14. The molecule has 0 saturated heterocycles. The van der Waals surface area contributed by atoms with Crippen molar-refractivity contribution in [2.75, 3.05) is 0 Å². The molecule has 0 saturated carbocycles. The summed E-state index contributed by atoms with van der Waals surface area (Å²) in [6.45, 7) is 0. The number of ketones is 1. The Labute approximate surface area is 104 Å². The van der Waals surface area contributed by atoms with Crippen LogP contribution in [0.2, 0.25) is 5.02 Å². The Hall–Kier alpha value is -1.74. The van der Waals surface area contributed by atoms with Crippen molar-refractivity contribution in [1.29, 1.82) is 0 Å². The van der Waals surface area contributed by atoms with E-state index in [1.54, 1.807) is 30.9 Å². The lowest BCUT2D eigenvalue weighted by atomic mass is 10.0. The predicted octanol–water partition coefficient (Wildman–Crippen LogP) is 2.48. The Morgan fingerprint density at radius 2 is 1.94 bits per heavy atom. The van der Waals surface area contributed by atoms with Crippen molar-refractivity contribution in [2.24, 2.45) is 0 Å². The molecule has 0 spiro atoms. The van der Waals surface area contributed by atoms with Crippen molar-refractivity contribution in [3.63, 3.8) is 0 Å². The van der Waals surface area contributed by atoms with Crippen LogP contribution < -0.4 is 0 Å². The lowest BCUT2D eigenvalue weighted by Gasteiger charge is -2.03. The smallest absolute Gasteiger partial charge is 0.141 e. The van der Waals surface area contributed by atoms with Gasteiger partial charge in [0, 0.05) is 37.6 Å². The molecule has 0 atom stereocenters. The third kappa shape index (κ3) is 3.36. The largest absolute Gasteiger partial charge is 0.299 e. The minimum atomic E-state index is 0.117. The van der Waals surface area contributed by atoms with Gasteiger partial charge in [0.25, 0.3) is 0 Å². The molecule has 0 unspecified atom stereocenters. The first-order valence-electron chi connectivity index (χ1n) is 5.24. The van der Waals surface area contributed by atoms with Crippen molar-refractivity contribution >= 4 is 17.4 Å². The van der Waals surface area contributed by atoms with Crippen molar-refractivity contribution < 1.29 is 4.79 Å². The number of hydrogen-bond donors (Lipinski definition) is 0. The lowest BCUT2D eigenvalue weighted by molar-refractivity contribution is -0.117. The van der Waals surface area contributed by atoms with Gasteiger partial charge in [-0.05, 0) is 23.3 Å². The fourth-order valence-electron chi connectivity index (χ4n) is 1.55. The molecule has 0 N–H and O–H groups in total. The number of halogens is 1. The molecular formula is C13H11ClN2O. The van der Waals surface area contributed by atoms with E-state index < -0.39 is 0 Å². The number of Topliss-reactive ketones (excluding diaryl/α,β-unsaturated/α-hetero) is 1. The normalized spacial score (nSPS) is 10.2. The molecule has 0 bridgehead atoms. The molecule has 0 radical (unpaired) electrons. The molecular weight excluding hydrogens is 236 g/mol. The fourth-order valence-corrected chi connectivity index (χ4v) is 1.74. The molecule has 0 aliphatic heterocycles. The van der Waals surface area contributed by atoms with Crippen molar-refractivity contribution in [3.8, 4) is 0 Å². The minimum absolute atomic E-state index is 0.117. The molecule has 2 heterocycles. The first-order valence-corrected chi connectivity index (χ1v) is 5.62. The summed E-state index contributed by atoms with van der Waals surface area (Å²) in [6.07, 6.45) is 7.29. The standard InChI is InChI=1S/C13H11ClN2O/c14-13-9-16-5-3-11(13)7-12(17)6-10-2-1-4-15-8-10/h1-5,8-9H,6-7H2. The average Bonchev–Trinajstić information content (AvgIpc) is 2.33. The van der Waals surface area contributed by atoms with E-state index in [0.717, 1.165) is 11.1 Å². The summed E-state index contributed by atoms with van der Waals surface area (Å²) in [4.78, 5) is 19.7. The second-order valence-electron chi connectivity index (χ2n) is 3.72. The summed E-state index contributed by atoms with van der Waals surface area (Å²) < 4.78 is 0. The van der Waals surface area contributed by atoms with Crippen LogP contribution in [-0.2, 0) is 17.6 Å². The number of carbonyl (C=O) groups excluding carboxylic acids is 1. The van der Waals surface area contributed by atoms with E-state index in [0.29, 0.717) is 17.9 Å². The van der Waals surface area contributed by atoms with Gasteiger partial charge in [-0.1, -0.05) is 17.7 Å². The number of pyridine rings is 2. The number of carbonyl (C=O) groups is 1. The van der Waals surface area contributed by atoms with Crippen LogP contribution >= 0.6 is 11.6 Å². The van der Waals surface area contributed by atoms with Crippen LogP contribution in [-0.4, -0.2) is 15.8 Å². The number of hydrogen-bond acceptors (Lipinski definition) is 3. The summed E-state index contributed by atoms with van der Waals surface area (Å²) in [6, 6.07) is 5.48. The zero-order chi connectivity index (χ0) is 12.1. The van der Waals surface area contributed by atoms with Crippen LogP contribution in [0.3, 0.4) is 0 Å². The molecule has 0 aliphatic carbocycles. The SMILES string of the molecule is O=C(Cc1cccnc1)Cc1ccncc1Cl. The van der Waals surface area contributed by atoms with Crippen molar-refractivity contribution in [1.82, 2.24) is 9.97 Å². The van der Waals surface area contributed by atoms with Crippen LogP contribution in [0.25, 0.3) is 0 Å². The third-order valence-electron chi connectivity index (χ3n) is 2.37. The molecule has 86 valence electrons. The van der Waals surface area contributed by atoms with Gasteiger partial charge >= 0.3 is 0 Å². The molecule has 0 aromatic carbocycles. The Kier molecular flexibility index (Phi) is 3.83. The molecule has 17 heavy (non-hydrogen) atoms. The molecule has 0 amide bonds. The highest BCUT2D eigenvalue weighted by Gasteiger charge is 2.07. The summed E-state index contributed by atoms with van der Waals surface area (Å²) in [5.41, 5.74) is 1.73. The van der Waals surface area contributed by atoms with Crippen molar-refractivity contribution in [3.05, 3.63) is 59.1 Å². The van der Waals surface area contributed by atoms with Gasteiger partial charge in [0.1, 0.15) is 5.78 Å². The van der Waals surface area contributed by atoms with Crippen LogP contribution in [0.5, 0.6) is 0 Å². The second kappa shape index (κ2) is 5.55. The van der Waals surface area contributed by atoms with Crippen LogP contribution in [0.15, 0.2) is 43.0 Å². The highest BCUT2D eigenvalue weighted by molar-refractivity contribution is 6.31. The van der Waals surface area contributed by atoms with E-state index in [1.165, 1.54) is 0 Å². The molecule has 0 fully saturated rings. The Morgan fingerprint density at radius 3 is 2.65 bits per heavy atom. The number of nitrogens with zero attached hydrogens (tertiary/aromatic N) is 2. The molecule has 0 aliphatic rings. The Morgan fingerprint density at radius 1 is 1.12 bits per heavy atom. The quantitative estimate of drug-likeness (QED) is 0.832.